The van der Waals surface area contributed by atoms with Crippen LogP contribution in [0.1, 0.15) is 0 Å². The Labute approximate surface area is 82.9 Å². The van der Waals surface area contributed by atoms with Gasteiger partial charge in [-0.05, 0) is 7.05 Å². The summed E-state index contributed by atoms with van der Waals surface area (Å²) in [6.07, 6.45) is 0. The Bertz CT molecular complexity index is 170. The van der Waals surface area contributed by atoms with Crippen LogP contribution in [0.3, 0.4) is 0 Å². The molecule has 76 valence electrons. The average molecular weight is 204 g/mol. The van der Waals surface area contributed by atoms with E-state index in [0.717, 1.165) is 32.1 Å². The molecular formula is C8H16N2O2S. The van der Waals surface area contributed by atoms with Gasteiger partial charge in [-0.25, -0.2) is 0 Å². The number of hydrogen-bond acceptors (Lipinski definition) is 4. The van der Waals surface area contributed by atoms with Crippen LogP contribution in [0.25, 0.3) is 0 Å². The van der Waals surface area contributed by atoms with E-state index in [-0.39, 0.29) is 5.75 Å². The molecule has 13 heavy (non-hydrogen) atoms. The maximum absolute atomic E-state index is 10.2. The summed E-state index contributed by atoms with van der Waals surface area (Å²) in [4.78, 5) is 14.8. The molecule has 0 radical (unpaired) electrons. The Morgan fingerprint density at radius 2 is 2.00 bits per heavy atom. The maximum Gasteiger partial charge on any atom is 0.313 e. The molecule has 0 bridgehead atoms. The minimum atomic E-state index is -0.723. The van der Waals surface area contributed by atoms with Gasteiger partial charge in [0.2, 0.25) is 0 Å². The molecule has 5 heteroatoms. The standard InChI is InChI=1S/C8H16N2O2S/c1-9-2-4-10(5-3-9)7-13-6-8(11)12/h2-7H2,1H3,(H,11,12). The van der Waals surface area contributed by atoms with Crippen LogP contribution in [0.5, 0.6) is 0 Å². The van der Waals surface area contributed by atoms with E-state index in [0.29, 0.717) is 0 Å². The van der Waals surface area contributed by atoms with Crippen LogP contribution in [-0.2, 0) is 4.79 Å². The lowest BCUT2D eigenvalue weighted by molar-refractivity contribution is -0.133. The van der Waals surface area contributed by atoms with Gasteiger partial charge >= 0.3 is 5.97 Å². The molecule has 0 aromatic rings. The number of piperazine rings is 1. The molecular weight excluding hydrogens is 188 g/mol. The number of rotatable bonds is 4. The lowest BCUT2D eigenvalue weighted by atomic mass is 10.4. The van der Waals surface area contributed by atoms with Crippen molar-refractivity contribution in [1.29, 1.82) is 0 Å². The topological polar surface area (TPSA) is 43.8 Å². The van der Waals surface area contributed by atoms with E-state index in [2.05, 4.69) is 16.8 Å². The Morgan fingerprint density at radius 3 is 2.54 bits per heavy atom. The van der Waals surface area contributed by atoms with Crippen LogP contribution < -0.4 is 0 Å². The van der Waals surface area contributed by atoms with Crippen molar-refractivity contribution >= 4 is 17.7 Å². The number of likely N-dealkylation sites (N-methyl/N-ethyl adjacent to an activating group) is 1. The van der Waals surface area contributed by atoms with Gasteiger partial charge in [-0.15, -0.1) is 11.8 Å². The van der Waals surface area contributed by atoms with Crippen molar-refractivity contribution in [1.82, 2.24) is 9.80 Å². The summed E-state index contributed by atoms with van der Waals surface area (Å²) in [7, 11) is 2.11. The fourth-order valence-corrected chi connectivity index (χ4v) is 2.02. The number of thioether (sulfide) groups is 1. The molecule has 0 spiro atoms. The monoisotopic (exact) mass is 204 g/mol. The smallest absolute Gasteiger partial charge is 0.313 e. The van der Waals surface area contributed by atoms with E-state index in [1.807, 2.05) is 0 Å². The first kappa shape index (κ1) is 10.8. The van der Waals surface area contributed by atoms with Crippen molar-refractivity contribution < 1.29 is 9.90 Å². The van der Waals surface area contributed by atoms with Crippen LogP contribution in [0, 0.1) is 0 Å². The molecule has 1 saturated heterocycles. The molecule has 0 aliphatic carbocycles. The predicted molar refractivity (Wildman–Crippen MR) is 54.0 cm³/mol. The number of carboxylic acids is 1. The van der Waals surface area contributed by atoms with E-state index in [9.17, 15) is 4.79 Å². The zero-order valence-corrected chi connectivity index (χ0v) is 8.72. The third kappa shape index (κ3) is 4.50. The van der Waals surface area contributed by atoms with Crippen LogP contribution in [0.4, 0.5) is 0 Å². The van der Waals surface area contributed by atoms with Crippen molar-refractivity contribution in [3.05, 3.63) is 0 Å². The van der Waals surface area contributed by atoms with Crippen molar-refractivity contribution in [3.63, 3.8) is 0 Å². The largest absolute Gasteiger partial charge is 0.481 e. The first-order valence-electron chi connectivity index (χ1n) is 4.39. The van der Waals surface area contributed by atoms with Crippen molar-refractivity contribution in [2.24, 2.45) is 0 Å². The van der Waals surface area contributed by atoms with E-state index in [1.165, 1.54) is 11.8 Å². The molecule has 1 aliphatic heterocycles. The second-order valence-corrected chi connectivity index (χ2v) is 4.25. The minimum Gasteiger partial charge on any atom is -0.481 e. The van der Waals surface area contributed by atoms with E-state index < -0.39 is 5.97 Å². The molecule has 1 rings (SSSR count). The average Bonchev–Trinajstić information content (AvgIpc) is 2.08. The summed E-state index contributed by atoms with van der Waals surface area (Å²) in [5.41, 5.74) is 0. The van der Waals surface area contributed by atoms with Gasteiger partial charge in [-0.3, -0.25) is 9.69 Å². The van der Waals surface area contributed by atoms with Crippen molar-refractivity contribution in [2.75, 3.05) is 44.9 Å². The molecule has 1 N–H and O–H groups in total. The van der Waals surface area contributed by atoms with Gasteiger partial charge in [0.05, 0.1) is 5.75 Å². The molecule has 1 heterocycles. The molecule has 0 saturated carbocycles. The second kappa shape index (κ2) is 5.47. The number of carboxylic acid groups (broad SMARTS) is 1. The zero-order valence-electron chi connectivity index (χ0n) is 7.90. The van der Waals surface area contributed by atoms with Gasteiger partial charge in [0, 0.05) is 32.1 Å². The maximum atomic E-state index is 10.2. The highest BCUT2D eigenvalue weighted by atomic mass is 32.2. The SMILES string of the molecule is CN1CCN(CSCC(=O)O)CC1. The van der Waals surface area contributed by atoms with Gasteiger partial charge in [-0.2, -0.15) is 0 Å². The summed E-state index contributed by atoms with van der Waals surface area (Å²) in [6, 6.07) is 0. The number of carbonyl (C=O) groups is 1. The summed E-state index contributed by atoms with van der Waals surface area (Å²) in [5, 5.41) is 8.44. The minimum absolute atomic E-state index is 0.215. The molecule has 0 aromatic carbocycles. The number of nitrogens with zero attached hydrogens (tertiary/aromatic N) is 2. The van der Waals surface area contributed by atoms with Gasteiger partial charge in [0.25, 0.3) is 0 Å². The van der Waals surface area contributed by atoms with Crippen LogP contribution in [0.2, 0.25) is 0 Å². The Morgan fingerprint density at radius 1 is 1.38 bits per heavy atom. The highest BCUT2D eigenvalue weighted by Crippen LogP contribution is 2.06. The predicted octanol–water partition coefficient (Wildman–Crippen LogP) is 0.00910. The highest BCUT2D eigenvalue weighted by Gasteiger charge is 2.13. The molecule has 1 fully saturated rings. The molecule has 0 aromatic heterocycles. The quantitative estimate of drug-likeness (QED) is 0.699. The van der Waals surface area contributed by atoms with Crippen molar-refractivity contribution in [3.8, 4) is 0 Å². The summed E-state index contributed by atoms with van der Waals surface area (Å²) in [5.74, 6) is 0.339. The third-order valence-corrected chi connectivity index (χ3v) is 3.09. The fourth-order valence-electron chi connectivity index (χ4n) is 1.24. The molecule has 0 atom stereocenters. The summed E-state index contributed by atoms with van der Waals surface area (Å²) in [6.45, 7) is 4.30. The summed E-state index contributed by atoms with van der Waals surface area (Å²) >= 11 is 1.48. The number of hydrogen-bond donors (Lipinski definition) is 1. The summed E-state index contributed by atoms with van der Waals surface area (Å²) < 4.78 is 0. The van der Waals surface area contributed by atoms with Crippen molar-refractivity contribution in [2.45, 2.75) is 0 Å². The molecule has 1 aliphatic rings. The Hall–Kier alpha value is -0.260. The van der Waals surface area contributed by atoms with E-state index in [1.54, 1.807) is 0 Å². The Balaban J connectivity index is 2.05. The van der Waals surface area contributed by atoms with Crippen LogP contribution in [-0.4, -0.2) is 65.7 Å². The van der Waals surface area contributed by atoms with E-state index in [4.69, 9.17) is 5.11 Å². The van der Waals surface area contributed by atoms with Gasteiger partial charge in [0.15, 0.2) is 0 Å². The lowest BCUT2D eigenvalue weighted by Crippen LogP contribution is -2.44. The highest BCUT2D eigenvalue weighted by molar-refractivity contribution is 7.99. The lowest BCUT2D eigenvalue weighted by Gasteiger charge is -2.31. The fraction of sp³-hybridized carbons (Fsp3) is 0.875. The second-order valence-electron chi connectivity index (χ2n) is 3.29. The molecule has 0 unspecified atom stereocenters. The first-order chi connectivity index (χ1) is 6.18. The van der Waals surface area contributed by atoms with E-state index >= 15 is 0 Å². The van der Waals surface area contributed by atoms with Gasteiger partial charge < -0.3 is 10.0 Å². The van der Waals surface area contributed by atoms with Crippen LogP contribution >= 0.6 is 11.8 Å². The van der Waals surface area contributed by atoms with Crippen LogP contribution in [0.15, 0.2) is 0 Å². The zero-order chi connectivity index (χ0) is 9.68. The van der Waals surface area contributed by atoms with Gasteiger partial charge in [-0.1, -0.05) is 0 Å². The molecule has 4 nitrogen and oxygen atoms in total. The first-order valence-corrected chi connectivity index (χ1v) is 5.54. The Kier molecular flexibility index (Phi) is 4.55. The third-order valence-electron chi connectivity index (χ3n) is 2.10. The normalized spacial score (nSPS) is 20.4. The molecule has 0 amide bonds. The van der Waals surface area contributed by atoms with Gasteiger partial charge in [0.1, 0.15) is 0 Å². The number of aliphatic carboxylic acids is 1.